The third kappa shape index (κ3) is 4.31. The quantitative estimate of drug-likeness (QED) is 0.642. The number of amides is 1. The van der Waals surface area contributed by atoms with Crippen molar-refractivity contribution in [2.75, 3.05) is 30.0 Å². The summed E-state index contributed by atoms with van der Waals surface area (Å²) >= 11 is 1.10. The first kappa shape index (κ1) is 23.5. The molecule has 1 unspecified atom stereocenters. The van der Waals surface area contributed by atoms with E-state index in [0.717, 1.165) is 53.0 Å². The van der Waals surface area contributed by atoms with E-state index < -0.39 is 15.9 Å². The molecular weight excluding hydrogens is 434 g/mol. The fraction of sp³-hybridized carbons (Fsp3) is 0.462. The zero-order valence-corrected chi connectivity index (χ0v) is 21.1. The van der Waals surface area contributed by atoms with Gasteiger partial charge in [0, 0.05) is 31.6 Å². The maximum atomic E-state index is 12.5. The van der Waals surface area contributed by atoms with E-state index in [4.69, 9.17) is 4.74 Å². The second-order valence-corrected chi connectivity index (χ2v) is 10.7. The molecule has 0 aliphatic carbocycles. The highest BCUT2D eigenvalue weighted by molar-refractivity contribution is 8.16. The minimum absolute atomic E-state index is 0.346. The Labute approximate surface area is 200 Å². The predicted octanol–water partition coefficient (Wildman–Crippen LogP) is 4.23. The third-order valence-electron chi connectivity index (χ3n) is 6.58. The van der Waals surface area contributed by atoms with Gasteiger partial charge in [0.25, 0.3) is 11.0 Å². The minimum Gasteiger partial charge on any atom is -0.497 e. The van der Waals surface area contributed by atoms with E-state index in [1.807, 2.05) is 24.3 Å². The van der Waals surface area contributed by atoms with Gasteiger partial charge in [0.05, 0.1) is 18.5 Å². The first-order chi connectivity index (χ1) is 15.6. The van der Waals surface area contributed by atoms with Crippen LogP contribution < -0.4 is 19.9 Å². The van der Waals surface area contributed by atoms with Crippen molar-refractivity contribution in [2.24, 2.45) is 0 Å². The van der Waals surface area contributed by atoms with Crippen LogP contribution in [0.4, 0.5) is 11.4 Å². The molecule has 2 aliphatic heterocycles. The number of methoxy groups -OCH3 is 1. The van der Waals surface area contributed by atoms with E-state index in [1.54, 1.807) is 7.11 Å². The van der Waals surface area contributed by atoms with Gasteiger partial charge in [0.2, 0.25) is 0 Å². The molecule has 1 fully saturated rings. The lowest BCUT2D eigenvalue weighted by atomic mass is 9.92. The molecule has 2 aromatic carbocycles. The molecule has 4 rings (SSSR count). The summed E-state index contributed by atoms with van der Waals surface area (Å²) in [5.41, 5.74) is 5.46. The van der Waals surface area contributed by atoms with E-state index in [9.17, 15) is 9.59 Å². The molecule has 2 aliphatic rings. The van der Waals surface area contributed by atoms with E-state index in [1.165, 1.54) is 5.69 Å². The van der Waals surface area contributed by atoms with Crippen LogP contribution in [-0.4, -0.2) is 43.3 Å². The zero-order valence-electron chi connectivity index (χ0n) is 20.3. The summed E-state index contributed by atoms with van der Waals surface area (Å²) < 4.78 is 5.29. The topological polar surface area (TPSA) is 61.9 Å². The maximum absolute atomic E-state index is 12.5. The van der Waals surface area contributed by atoms with Crippen LogP contribution in [0.15, 0.2) is 36.4 Å². The molecule has 2 heterocycles. The summed E-state index contributed by atoms with van der Waals surface area (Å²) in [5.74, 6) is 0.244. The summed E-state index contributed by atoms with van der Waals surface area (Å²) in [5, 5.41) is 2.61. The van der Waals surface area contributed by atoms with Crippen molar-refractivity contribution in [3.8, 4) is 5.75 Å². The van der Waals surface area contributed by atoms with Crippen molar-refractivity contribution >= 4 is 34.2 Å². The number of nitrogens with one attached hydrogen (secondary N) is 1. The van der Waals surface area contributed by atoms with Gasteiger partial charge in [-0.1, -0.05) is 12.1 Å². The molecule has 2 aromatic rings. The molecule has 7 heteroatoms. The largest absolute Gasteiger partial charge is 0.497 e. The molecule has 0 aromatic heterocycles. The van der Waals surface area contributed by atoms with Crippen molar-refractivity contribution in [3.63, 3.8) is 0 Å². The molecule has 33 heavy (non-hydrogen) atoms. The molecule has 0 radical (unpaired) electrons. The fourth-order valence-electron chi connectivity index (χ4n) is 4.90. The van der Waals surface area contributed by atoms with Gasteiger partial charge in [-0.15, -0.1) is 0 Å². The van der Waals surface area contributed by atoms with E-state index >= 15 is 0 Å². The standard InChI is InChI=1S/C26H33N3O3S/c1-16(2)28-11-12-29(17(3)4)23-14-21(18(5)13-22(23)28)26(27-24(30)25(31)33-26)15-19-7-9-20(32-6)10-8-19/h7-10,13-14,16-17H,11-12,15H2,1-6H3,(H,27,30). The Hall–Kier alpha value is -2.67. The average Bonchev–Trinajstić information content (AvgIpc) is 3.06. The second kappa shape index (κ2) is 8.93. The summed E-state index contributed by atoms with van der Waals surface area (Å²) in [6.07, 6.45) is 0.508. The number of thioether (sulfide) groups is 1. The average molecular weight is 468 g/mol. The SMILES string of the molecule is COc1ccc(CC2(c3cc4c(cc3C)N(C(C)C)CCN4C(C)C)NC(=O)C(=O)S2)cc1. The van der Waals surface area contributed by atoms with Crippen molar-refractivity contribution in [2.45, 2.75) is 58.0 Å². The number of anilines is 2. The second-order valence-electron chi connectivity index (χ2n) is 9.43. The summed E-state index contributed by atoms with van der Waals surface area (Å²) in [4.78, 5) is 28.9. The van der Waals surface area contributed by atoms with E-state index in [2.05, 4.69) is 61.9 Å². The summed E-state index contributed by atoms with van der Waals surface area (Å²) in [7, 11) is 1.64. The van der Waals surface area contributed by atoms with E-state index in [-0.39, 0.29) is 0 Å². The Kier molecular flexibility index (Phi) is 6.36. The van der Waals surface area contributed by atoms with Crippen molar-refractivity contribution in [1.82, 2.24) is 5.32 Å². The number of hydrogen-bond acceptors (Lipinski definition) is 6. The highest BCUT2D eigenvalue weighted by atomic mass is 32.2. The minimum atomic E-state index is -0.843. The highest BCUT2D eigenvalue weighted by Gasteiger charge is 2.47. The zero-order chi connectivity index (χ0) is 23.9. The van der Waals surface area contributed by atoms with Gasteiger partial charge >= 0.3 is 0 Å². The van der Waals surface area contributed by atoms with Crippen LogP contribution in [-0.2, 0) is 20.9 Å². The molecule has 176 valence electrons. The number of nitrogens with zero attached hydrogens (tertiary/aromatic N) is 2. The predicted molar refractivity (Wildman–Crippen MR) is 135 cm³/mol. The number of rotatable bonds is 6. The van der Waals surface area contributed by atoms with Crippen molar-refractivity contribution in [1.29, 1.82) is 0 Å². The van der Waals surface area contributed by atoms with Gasteiger partial charge in [-0.25, -0.2) is 0 Å². The van der Waals surface area contributed by atoms with Crippen LogP contribution in [0.2, 0.25) is 0 Å². The molecule has 0 bridgehead atoms. The summed E-state index contributed by atoms with van der Waals surface area (Å²) in [6.45, 7) is 12.8. The number of benzene rings is 2. The van der Waals surface area contributed by atoms with Crippen LogP contribution in [0.3, 0.4) is 0 Å². The van der Waals surface area contributed by atoms with Crippen molar-refractivity contribution in [3.05, 3.63) is 53.1 Å². The number of fused-ring (bicyclic) bond motifs is 1. The molecule has 1 saturated heterocycles. The molecule has 6 nitrogen and oxygen atoms in total. The van der Waals surface area contributed by atoms with E-state index in [0.29, 0.717) is 18.5 Å². The lowest BCUT2D eigenvalue weighted by Crippen LogP contribution is -2.47. The fourth-order valence-corrected chi connectivity index (χ4v) is 6.07. The normalized spacial score (nSPS) is 20.5. The first-order valence-electron chi connectivity index (χ1n) is 11.5. The Morgan fingerprint density at radius 3 is 2.06 bits per heavy atom. The third-order valence-corrected chi connectivity index (χ3v) is 7.77. The number of ether oxygens (including phenoxy) is 1. The molecule has 1 N–H and O–H groups in total. The van der Waals surface area contributed by atoms with Gasteiger partial charge < -0.3 is 19.9 Å². The monoisotopic (exact) mass is 467 g/mol. The maximum Gasteiger partial charge on any atom is 0.300 e. The number of hydrogen-bond donors (Lipinski definition) is 1. The van der Waals surface area contributed by atoms with Gasteiger partial charge in [-0.3, -0.25) is 9.59 Å². The Morgan fingerprint density at radius 1 is 1.00 bits per heavy atom. The van der Waals surface area contributed by atoms with Crippen LogP contribution >= 0.6 is 11.8 Å². The number of carbonyl (C=O) groups is 2. The van der Waals surface area contributed by atoms with Crippen LogP contribution in [0.1, 0.15) is 44.4 Å². The molecular formula is C26H33N3O3S. The Balaban J connectivity index is 1.84. The van der Waals surface area contributed by atoms with Crippen LogP contribution in [0.25, 0.3) is 0 Å². The van der Waals surface area contributed by atoms with Gasteiger partial charge in [-0.2, -0.15) is 0 Å². The van der Waals surface area contributed by atoms with Gasteiger partial charge in [-0.05, 0) is 87.3 Å². The molecule has 1 amide bonds. The lowest BCUT2D eigenvalue weighted by molar-refractivity contribution is -0.132. The smallest absolute Gasteiger partial charge is 0.300 e. The molecule has 0 spiro atoms. The van der Waals surface area contributed by atoms with Crippen LogP contribution in [0, 0.1) is 6.92 Å². The first-order valence-corrected chi connectivity index (χ1v) is 12.3. The summed E-state index contributed by atoms with van der Waals surface area (Å²) in [6, 6.07) is 13.0. The molecule has 0 saturated carbocycles. The number of carbonyl (C=O) groups excluding carboxylic acids is 2. The van der Waals surface area contributed by atoms with Crippen molar-refractivity contribution < 1.29 is 14.3 Å². The Bertz CT molecular complexity index is 1050. The van der Waals surface area contributed by atoms with Gasteiger partial charge in [0.1, 0.15) is 10.6 Å². The number of aryl methyl sites for hydroxylation is 1. The highest BCUT2D eigenvalue weighted by Crippen LogP contribution is 2.47. The Morgan fingerprint density at radius 2 is 1.58 bits per heavy atom. The van der Waals surface area contributed by atoms with Gasteiger partial charge in [0.15, 0.2) is 0 Å². The lowest BCUT2D eigenvalue weighted by Gasteiger charge is -2.44. The van der Waals surface area contributed by atoms with Crippen LogP contribution in [0.5, 0.6) is 5.75 Å². The molecule has 1 atom stereocenters.